The van der Waals surface area contributed by atoms with Gasteiger partial charge in [-0.05, 0) is 30.4 Å². The maximum Gasteiger partial charge on any atom is 0.238 e. The van der Waals surface area contributed by atoms with Gasteiger partial charge < -0.3 is 19.5 Å². The molecule has 1 aliphatic heterocycles. The van der Waals surface area contributed by atoms with Gasteiger partial charge in [-0.2, -0.15) is 0 Å². The van der Waals surface area contributed by atoms with E-state index in [-0.39, 0.29) is 11.9 Å². The second-order valence-electron chi connectivity index (χ2n) is 6.16. The molecule has 1 amide bonds. The van der Waals surface area contributed by atoms with Gasteiger partial charge >= 0.3 is 0 Å². The van der Waals surface area contributed by atoms with Crippen LogP contribution in [-0.4, -0.2) is 45.2 Å². The summed E-state index contributed by atoms with van der Waals surface area (Å²) in [7, 11) is 4.66. The molecule has 0 unspecified atom stereocenters. The lowest BCUT2D eigenvalue weighted by Gasteiger charge is -2.32. The summed E-state index contributed by atoms with van der Waals surface area (Å²) in [5.41, 5.74) is 1.95. The van der Waals surface area contributed by atoms with E-state index in [0.717, 1.165) is 13.0 Å². The van der Waals surface area contributed by atoms with Crippen LogP contribution in [0.2, 0.25) is 0 Å². The van der Waals surface area contributed by atoms with Crippen molar-refractivity contribution in [1.82, 2.24) is 4.90 Å². The third-order valence-corrected chi connectivity index (χ3v) is 5.70. The molecule has 2 heterocycles. The summed E-state index contributed by atoms with van der Waals surface area (Å²) in [6.45, 7) is 3.38. The summed E-state index contributed by atoms with van der Waals surface area (Å²) in [6.07, 6.45) is 0.995. The summed E-state index contributed by atoms with van der Waals surface area (Å²) in [5, 5.41) is 5.06. The molecule has 3 rings (SSSR count). The number of hydrogen-bond donors (Lipinski definition) is 1. The Morgan fingerprint density at radius 3 is 2.54 bits per heavy atom. The predicted octanol–water partition coefficient (Wildman–Crippen LogP) is 3.33. The molecular formula is C19H24N2O4S. The number of nitrogens with one attached hydrogen (secondary N) is 1. The number of amides is 1. The minimum absolute atomic E-state index is 0.0650. The fraction of sp³-hybridized carbons (Fsp3) is 0.421. The second kappa shape index (κ2) is 7.97. The molecule has 6 nitrogen and oxygen atoms in total. The summed E-state index contributed by atoms with van der Waals surface area (Å²) < 4.78 is 16.0. The monoisotopic (exact) mass is 376 g/mol. The van der Waals surface area contributed by atoms with Crippen molar-refractivity contribution in [3.63, 3.8) is 0 Å². The van der Waals surface area contributed by atoms with Gasteiger partial charge in [0.2, 0.25) is 11.7 Å². The highest BCUT2D eigenvalue weighted by molar-refractivity contribution is 7.10. The van der Waals surface area contributed by atoms with E-state index in [2.05, 4.69) is 28.6 Å². The molecule has 26 heavy (non-hydrogen) atoms. The number of ether oxygens (including phenoxy) is 3. The minimum atomic E-state index is -0.0650. The van der Waals surface area contributed by atoms with E-state index < -0.39 is 0 Å². The first kappa shape index (κ1) is 18.5. The average Bonchev–Trinajstić information content (AvgIpc) is 3.12. The van der Waals surface area contributed by atoms with Crippen LogP contribution < -0.4 is 19.5 Å². The zero-order valence-electron chi connectivity index (χ0n) is 15.5. The van der Waals surface area contributed by atoms with Crippen molar-refractivity contribution in [2.45, 2.75) is 19.4 Å². The van der Waals surface area contributed by atoms with Gasteiger partial charge in [0.1, 0.15) is 0 Å². The lowest BCUT2D eigenvalue weighted by Crippen LogP contribution is -2.39. The van der Waals surface area contributed by atoms with E-state index in [0.29, 0.717) is 29.5 Å². The van der Waals surface area contributed by atoms with Gasteiger partial charge in [0, 0.05) is 35.3 Å². The van der Waals surface area contributed by atoms with E-state index in [4.69, 9.17) is 14.2 Å². The van der Waals surface area contributed by atoms with Crippen LogP contribution in [0, 0.1) is 0 Å². The number of hydrogen-bond acceptors (Lipinski definition) is 6. The van der Waals surface area contributed by atoms with Crippen LogP contribution in [0.1, 0.15) is 23.4 Å². The second-order valence-corrected chi connectivity index (χ2v) is 7.16. The largest absolute Gasteiger partial charge is 0.493 e. The van der Waals surface area contributed by atoms with Crippen molar-refractivity contribution in [3.8, 4) is 17.2 Å². The molecule has 0 saturated carbocycles. The van der Waals surface area contributed by atoms with Crippen molar-refractivity contribution in [2.75, 3.05) is 39.7 Å². The first-order valence-corrected chi connectivity index (χ1v) is 9.35. The molecule has 1 aliphatic rings. The minimum Gasteiger partial charge on any atom is -0.493 e. The van der Waals surface area contributed by atoms with E-state index >= 15 is 0 Å². The standard InChI is InChI=1S/C19H24N2O4S/c1-12-14-6-8-26-17(14)5-7-21(12)11-18(22)20-13-9-15(23-2)19(25-4)16(10-13)24-3/h6,8-10,12H,5,7,11H2,1-4H3,(H,20,22)/t12-/m1/s1. The topological polar surface area (TPSA) is 60.0 Å². The Bertz CT molecular complexity index is 765. The Morgan fingerprint density at radius 1 is 1.23 bits per heavy atom. The molecule has 0 aliphatic carbocycles. The van der Waals surface area contributed by atoms with Crippen LogP contribution in [0.3, 0.4) is 0 Å². The van der Waals surface area contributed by atoms with Gasteiger partial charge in [0.15, 0.2) is 11.5 Å². The molecule has 1 aromatic carbocycles. The molecule has 1 N–H and O–H groups in total. The number of thiophene rings is 1. The number of nitrogens with zero attached hydrogens (tertiary/aromatic N) is 1. The summed E-state index contributed by atoms with van der Waals surface area (Å²) in [6, 6.07) is 5.87. The fourth-order valence-corrected chi connectivity index (χ4v) is 4.28. The van der Waals surface area contributed by atoms with Crippen LogP contribution in [0.5, 0.6) is 17.2 Å². The summed E-state index contributed by atoms with van der Waals surface area (Å²) in [4.78, 5) is 16.2. The van der Waals surface area contributed by atoms with Crippen LogP contribution in [0.4, 0.5) is 5.69 Å². The van der Waals surface area contributed by atoms with Crippen molar-refractivity contribution < 1.29 is 19.0 Å². The number of carbonyl (C=O) groups excluding carboxylic acids is 1. The van der Waals surface area contributed by atoms with Gasteiger partial charge in [-0.25, -0.2) is 0 Å². The van der Waals surface area contributed by atoms with E-state index in [1.165, 1.54) is 10.4 Å². The van der Waals surface area contributed by atoms with Crippen LogP contribution in [0.25, 0.3) is 0 Å². The first-order valence-electron chi connectivity index (χ1n) is 8.47. The molecular weight excluding hydrogens is 352 g/mol. The fourth-order valence-electron chi connectivity index (χ4n) is 3.32. The normalized spacial score (nSPS) is 16.7. The molecule has 0 bridgehead atoms. The van der Waals surface area contributed by atoms with Crippen molar-refractivity contribution >= 4 is 22.9 Å². The molecule has 2 aromatic rings. The van der Waals surface area contributed by atoms with Gasteiger partial charge in [-0.3, -0.25) is 9.69 Å². The van der Waals surface area contributed by atoms with Crippen LogP contribution >= 0.6 is 11.3 Å². The maximum atomic E-state index is 12.6. The Labute approximate surface area is 157 Å². The van der Waals surface area contributed by atoms with Crippen LogP contribution in [-0.2, 0) is 11.2 Å². The highest BCUT2D eigenvalue weighted by Crippen LogP contribution is 2.40. The first-order chi connectivity index (χ1) is 12.6. The zero-order chi connectivity index (χ0) is 18.7. The third kappa shape index (κ3) is 3.64. The summed E-state index contributed by atoms with van der Waals surface area (Å²) >= 11 is 1.80. The third-order valence-electron chi connectivity index (χ3n) is 4.70. The number of methoxy groups -OCH3 is 3. The molecule has 0 radical (unpaired) electrons. The van der Waals surface area contributed by atoms with E-state index in [1.54, 1.807) is 44.8 Å². The zero-order valence-corrected chi connectivity index (χ0v) is 16.3. The van der Waals surface area contributed by atoms with Gasteiger partial charge in [0.05, 0.1) is 27.9 Å². The number of carbonyl (C=O) groups is 1. The van der Waals surface area contributed by atoms with Crippen LogP contribution in [0.15, 0.2) is 23.6 Å². The van der Waals surface area contributed by atoms with Gasteiger partial charge in [-0.1, -0.05) is 0 Å². The highest BCUT2D eigenvalue weighted by atomic mass is 32.1. The number of benzene rings is 1. The Hall–Kier alpha value is -2.25. The molecule has 0 spiro atoms. The lowest BCUT2D eigenvalue weighted by molar-refractivity contribution is -0.117. The number of fused-ring (bicyclic) bond motifs is 1. The van der Waals surface area contributed by atoms with Gasteiger partial charge in [-0.15, -0.1) is 11.3 Å². The van der Waals surface area contributed by atoms with E-state index in [1.807, 2.05) is 0 Å². The molecule has 0 saturated heterocycles. The molecule has 140 valence electrons. The average molecular weight is 376 g/mol. The maximum absolute atomic E-state index is 12.6. The smallest absolute Gasteiger partial charge is 0.238 e. The quantitative estimate of drug-likeness (QED) is 0.838. The van der Waals surface area contributed by atoms with Crippen molar-refractivity contribution in [2.24, 2.45) is 0 Å². The Morgan fingerprint density at radius 2 is 1.92 bits per heavy atom. The highest BCUT2D eigenvalue weighted by Gasteiger charge is 2.26. The number of anilines is 1. The summed E-state index contributed by atoms with van der Waals surface area (Å²) in [5.74, 6) is 1.46. The lowest BCUT2D eigenvalue weighted by atomic mass is 10.0. The van der Waals surface area contributed by atoms with Crippen molar-refractivity contribution in [3.05, 3.63) is 34.0 Å². The molecule has 7 heteroatoms. The Kier molecular flexibility index (Phi) is 5.68. The molecule has 1 atom stereocenters. The Balaban J connectivity index is 1.71. The molecule has 0 fully saturated rings. The predicted molar refractivity (Wildman–Crippen MR) is 103 cm³/mol. The SMILES string of the molecule is COc1cc(NC(=O)CN2CCc3sccc3[C@H]2C)cc(OC)c1OC. The van der Waals surface area contributed by atoms with Gasteiger partial charge in [0.25, 0.3) is 0 Å². The van der Waals surface area contributed by atoms with E-state index in [9.17, 15) is 4.79 Å². The molecule has 1 aromatic heterocycles. The van der Waals surface area contributed by atoms with Crippen molar-refractivity contribution in [1.29, 1.82) is 0 Å². The number of rotatable bonds is 6.